The predicted octanol–water partition coefficient (Wildman–Crippen LogP) is 4.23. The van der Waals surface area contributed by atoms with E-state index in [1.165, 1.54) is 0 Å². The molecule has 1 saturated heterocycles. The van der Waals surface area contributed by atoms with Gasteiger partial charge in [-0.1, -0.05) is 54.6 Å². The van der Waals surface area contributed by atoms with E-state index in [0.29, 0.717) is 31.8 Å². The van der Waals surface area contributed by atoms with E-state index in [9.17, 15) is 9.59 Å². The summed E-state index contributed by atoms with van der Waals surface area (Å²) in [6.45, 7) is 2.11. The number of likely N-dealkylation sites (N-methyl/N-ethyl adjacent to an activating group) is 1. The number of ether oxygens (including phenoxy) is 1. The van der Waals surface area contributed by atoms with Gasteiger partial charge in [-0.25, -0.2) is 0 Å². The van der Waals surface area contributed by atoms with Crippen LogP contribution in [0, 0.1) is 5.92 Å². The van der Waals surface area contributed by atoms with E-state index >= 15 is 0 Å². The first kappa shape index (κ1) is 20.9. The van der Waals surface area contributed by atoms with Gasteiger partial charge in [-0.3, -0.25) is 9.59 Å². The van der Waals surface area contributed by atoms with E-state index in [1.807, 2.05) is 84.7 Å². The number of fused-ring (bicyclic) bond motifs is 1. The highest BCUT2D eigenvalue weighted by atomic mass is 16.5. The van der Waals surface area contributed by atoms with Crippen molar-refractivity contribution < 1.29 is 14.3 Å². The molecule has 4 rings (SSSR count). The molecule has 1 aliphatic heterocycles. The normalized spacial score (nSPS) is 16.2. The molecule has 31 heavy (non-hydrogen) atoms. The van der Waals surface area contributed by atoms with Gasteiger partial charge >= 0.3 is 0 Å². The second kappa shape index (κ2) is 9.65. The Bertz CT molecular complexity index is 1050. The molecule has 3 aromatic rings. The zero-order valence-electron chi connectivity index (χ0n) is 17.9. The third kappa shape index (κ3) is 4.88. The van der Waals surface area contributed by atoms with E-state index in [4.69, 9.17) is 4.74 Å². The second-order valence-corrected chi connectivity index (χ2v) is 8.04. The van der Waals surface area contributed by atoms with Crippen LogP contribution in [0.15, 0.2) is 72.8 Å². The van der Waals surface area contributed by atoms with Gasteiger partial charge in [0.2, 0.25) is 5.91 Å². The van der Waals surface area contributed by atoms with E-state index in [2.05, 4.69) is 0 Å². The molecule has 5 heteroatoms. The Morgan fingerprint density at radius 1 is 1.00 bits per heavy atom. The number of benzene rings is 3. The Hall–Kier alpha value is -3.34. The lowest BCUT2D eigenvalue weighted by molar-refractivity contribution is -0.135. The van der Waals surface area contributed by atoms with Crippen LogP contribution in [0.2, 0.25) is 0 Å². The zero-order valence-corrected chi connectivity index (χ0v) is 17.9. The van der Waals surface area contributed by atoms with Crippen molar-refractivity contribution in [2.24, 2.45) is 5.92 Å². The van der Waals surface area contributed by atoms with Crippen LogP contribution in [0.5, 0.6) is 5.75 Å². The molecular formula is C26H28N2O3. The van der Waals surface area contributed by atoms with E-state index in [1.54, 1.807) is 4.90 Å². The molecule has 0 saturated carbocycles. The molecule has 0 spiro atoms. The molecule has 1 unspecified atom stereocenters. The number of carbonyl (C=O) groups excluding carboxylic acids is 2. The molecule has 1 aliphatic rings. The van der Waals surface area contributed by atoms with E-state index < -0.39 is 0 Å². The van der Waals surface area contributed by atoms with E-state index in [0.717, 1.165) is 29.4 Å². The quantitative estimate of drug-likeness (QED) is 0.604. The summed E-state index contributed by atoms with van der Waals surface area (Å²) in [5, 5.41) is 2.01. The van der Waals surface area contributed by atoms with Gasteiger partial charge in [-0.2, -0.15) is 0 Å². The van der Waals surface area contributed by atoms with Crippen molar-refractivity contribution >= 4 is 22.6 Å². The molecule has 0 aliphatic carbocycles. The topological polar surface area (TPSA) is 49.9 Å². The molecule has 160 valence electrons. The first-order chi connectivity index (χ1) is 15.1. The highest BCUT2D eigenvalue weighted by Gasteiger charge is 2.31. The predicted molar refractivity (Wildman–Crippen MR) is 122 cm³/mol. The SMILES string of the molecule is CN(CCOc1ccccc1)C(=O)C1CCCN(C(=O)c2cccc3ccccc23)C1. The molecule has 0 bridgehead atoms. The molecule has 5 nitrogen and oxygen atoms in total. The lowest BCUT2D eigenvalue weighted by atomic mass is 9.95. The second-order valence-electron chi connectivity index (χ2n) is 8.04. The summed E-state index contributed by atoms with van der Waals surface area (Å²) < 4.78 is 5.71. The Balaban J connectivity index is 1.37. The molecular weight excluding hydrogens is 388 g/mol. The van der Waals surface area contributed by atoms with Crippen LogP contribution in [0.1, 0.15) is 23.2 Å². The Labute approximate surface area is 183 Å². The molecule has 2 amide bonds. The van der Waals surface area contributed by atoms with Gasteiger partial charge < -0.3 is 14.5 Å². The summed E-state index contributed by atoms with van der Waals surface area (Å²) >= 11 is 0. The fourth-order valence-corrected chi connectivity index (χ4v) is 4.18. The number of amides is 2. The minimum Gasteiger partial charge on any atom is -0.492 e. The maximum absolute atomic E-state index is 13.3. The van der Waals surface area contributed by atoms with Gasteiger partial charge in [-0.05, 0) is 41.8 Å². The molecule has 0 aromatic heterocycles. The minimum atomic E-state index is -0.172. The minimum absolute atomic E-state index is 0.00404. The summed E-state index contributed by atoms with van der Waals surface area (Å²) in [7, 11) is 1.81. The van der Waals surface area contributed by atoms with Crippen molar-refractivity contribution in [2.45, 2.75) is 12.8 Å². The monoisotopic (exact) mass is 416 g/mol. The van der Waals surface area contributed by atoms with Crippen LogP contribution < -0.4 is 4.74 Å². The Morgan fingerprint density at radius 2 is 1.74 bits per heavy atom. The number of rotatable bonds is 6. The third-order valence-corrected chi connectivity index (χ3v) is 5.89. The Morgan fingerprint density at radius 3 is 2.58 bits per heavy atom. The van der Waals surface area contributed by atoms with Crippen LogP contribution in [0.4, 0.5) is 0 Å². The number of nitrogens with zero attached hydrogens (tertiary/aromatic N) is 2. The number of piperidine rings is 1. The van der Waals surface area contributed by atoms with Crippen molar-refractivity contribution in [2.75, 3.05) is 33.3 Å². The van der Waals surface area contributed by atoms with Crippen LogP contribution in [-0.2, 0) is 4.79 Å². The summed E-state index contributed by atoms with van der Waals surface area (Å²) in [4.78, 5) is 29.8. The molecule has 0 N–H and O–H groups in total. The fraction of sp³-hybridized carbons (Fsp3) is 0.308. The number of hydrogen-bond acceptors (Lipinski definition) is 3. The largest absolute Gasteiger partial charge is 0.492 e. The van der Waals surface area contributed by atoms with Crippen LogP contribution >= 0.6 is 0 Å². The van der Waals surface area contributed by atoms with Gasteiger partial charge in [0, 0.05) is 25.7 Å². The van der Waals surface area contributed by atoms with Crippen LogP contribution in [0.3, 0.4) is 0 Å². The molecule has 0 radical (unpaired) electrons. The number of likely N-dealkylation sites (tertiary alicyclic amines) is 1. The highest BCUT2D eigenvalue weighted by Crippen LogP contribution is 2.24. The van der Waals surface area contributed by atoms with Gasteiger partial charge in [0.05, 0.1) is 12.5 Å². The maximum Gasteiger partial charge on any atom is 0.254 e. The van der Waals surface area contributed by atoms with Crippen molar-refractivity contribution in [1.29, 1.82) is 0 Å². The average Bonchev–Trinajstić information content (AvgIpc) is 2.83. The van der Waals surface area contributed by atoms with Crippen LogP contribution in [-0.4, -0.2) is 54.9 Å². The molecule has 3 aromatic carbocycles. The van der Waals surface area contributed by atoms with Crippen molar-refractivity contribution in [1.82, 2.24) is 9.80 Å². The smallest absolute Gasteiger partial charge is 0.254 e. The van der Waals surface area contributed by atoms with Crippen LogP contribution in [0.25, 0.3) is 10.8 Å². The number of carbonyl (C=O) groups is 2. The van der Waals surface area contributed by atoms with Crippen molar-refractivity contribution in [3.8, 4) is 5.75 Å². The lowest BCUT2D eigenvalue weighted by Crippen LogP contribution is -2.46. The van der Waals surface area contributed by atoms with E-state index in [-0.39, 0.29) is 17.7 Å². The highest BCUT2D eigenvalue weighted by molar-refractivity contribution is 6.07. The standard InChI is InChI=1S/C26H28N2O3/c1-27(17-18-31-22-12-3-2-4-13-22)25(29)21-11-8-16-28(19-21)26(30)24-15-7-10-20-9-5-6-14-23(20)24/h2-7,9-10,12-15,21H,8,11,16-19H2,1H3. The first-order valence-corrected chi connectivity index (χ1v) is 10.8. The molecule has 1 fully saturated rings. The summed E-state index contributed by atoms with van der Waals surface area (Å²) in [5.41, 5.74) is 0.704. The lowest BCUT2D eigenvalue weighted by Gasteiger charge is -2.34. The van der Waals surface area contributed by atoms with Crippen molar-refractivity contribution in [3.63, 3.8) is 0 Å². The zero-order chi connectivity index (χ0) is 21.6. The fourth-order valence-electron chi connectivity index (χ4n) is 4.18. The van der Waals surface area contributed by atoms with Gasteiger partial charge in [-0.15, -0.1) is 0 Å². The van der Waals surface area contributed by atoms with Gasteiger partial charge in [0.25, 0.3) is 5.91 Å². The van der Waals surface area contributed by atoms with Gasteiger partial charge in [0.1, 0.15) is 12.4 Å². The molecule has 1 atom stereocenters. The maximum atomic E-state index is 13.3. The van der Waals surface area contributed by atoms with Gasteiger partial charge in [0.15, 0.2) is 0 Å². The summed E-state index contributed by atoms with van der Waals surface area (Å²) in [6.07, 6.45) is 1.64. The van der Waals surface area contributed by atoms with Crippen molar-refractivity contribution in [3.05, 3.63) is 78.4 Å². The first-order valence-electron chi connectivity index (χ1n) is 10.8. The average molecular weight is 417 g/mol. The summed E-state index contributed by atoms with van der Waals surface area (Å²) in [6, 6.07) is 23.3. The molecule has 1 heterocycles. The Kier molecular flexibility index (Phi) is 6.51. The number of hydrogen-bond donors (Lipinski definition) is 0. The third-order valence-electron chi connectivity index (χ3n) is 5.89. The number of para-hydroxylation sites is 1. The summed E-state index contributed by atoms with van der Waals surface area (Å²) in [5.74, 6) is 0.707.